The smallest absolute Gasteiger partial charge is 0.307 e. The zero-order chi connectivity index (χ0) is 11.1. The normalized spacial score (nSPS) is 26.2. The molecule has 0 amide bonds. The number of aliphatic carboxylic acids is 1. The van der Waals surface area contributed by atoms with Crippen molar-refractivity contribution in [2.75, 3.05) is 13.2 Å². The van der Waals surface area contributed by atoms with Gasteiger partial charge in [0.05, 0.1) is 5.92 Å². The molecule has 1 heterocycles. The van der Waals surface area contributed by atoms with Gasteiger partial charge >= 0.3 is 5.97 Å². The van der Waals surface area contributed by atoms with Gasteiger partial charge in [0.2, 0.25) is 0 Å². The highest BCUT2D eigenvalue weighted by atomic mass is 16.6. The summed E-state index contributed by atoms with van der Waals surface area (Å²) in [6.45, 7) is 1.14. The van der Waals surface area contributed by atoms with Crippen LogP contribution < -0.4 is 9.47 Å². The molecule has 2 aliphatic rings. The van der Waals surface area contributed by atoms with Crippen LogP contribution in [0.2, 0.25) is 0 Å². The molecule has 1 saturated carbocycles. The maximum atomic E-state index is 10.8. The Morgan fingerprint density at radius 1 is 1.25 bits per heavy atom. The molecule has 0 saturated heterocycles. The van der Waals surface area contributed by atoms with Crippen LogP contribution in [0.15, 0.2) is 18.2 Å². The van der Waals surface area contributed by atoms with Gasteiger partial charge in [-0.15, -0.1) is 0 Å². The van der Waals surface area contributed by atoms with Gasteiger partial charge in [-0.3, -0.25) is 4.79 Å². The number of benzene rings is 1. The predicted octanol–water partition coefficient (Wildman–Crippen LogP) is 1.65. The SMILES string of the molecule is O=C(O)C1CC1c1ccc2c(c1)OCCO2. The van der Waals surface area contributed by atoms with E-state index in [9.17, 15) is 4.79 Å². The molecule has 1 fully saturated rings. The molecule has 1 aliphatic carbocycles. The lowest BCUT2D eigenvalue weighted by molar-refractivity contribution is -0.138. The summed E-state index contributed by atoms with van der Waals surface area (Å²) < 4.78 is 10.9. The molecule has 1 N–H and O–H groups in total. The van der Waals surface area contributed by atoms with Crippen LogP contribution in [0.25, 0.3) is 0 Å². The van der Waals surface area contributed by atoms with E-state index < -0.39 is 5.97 Å². The molecule has 4 nitrogen and oxygen atoms in total. The molecule has 1 aromatic rings. The van der Waals surface area contributed by atoms with Crippen molar-refractivity contribution in [2.24, 2.45) is 5.92 Å². The lowest BCUT2D eigenvalue weighted by atomic mass is 10.1. The summed E-state index contributed by atoms with van der Waals surface area (Å²) >= 11 is 0. The summed E-state index contributed by atoms with van der Waals surface area (Å²) in [6, 6.07) is 5.70. The van der Waals surface area contributed by atoms with Gasteiger partial charge in [0.25, 0.3) is 0 Å². The second-order valence-electron chi connectivity index (χ2n) is 4.19. The highest BCUT2D eigenvalue weighted by molar-refractivity contribution is 5.75. The number of hydrogen-bond donors (Lipinski definition) is 1. The standard InChI is InChI=1S/C12H12O4/c13-12(14)9-6-8(9)7-1-2-10-11(5-7)16-4-3-15-10/h1-2,5,8-9H,3-4,6H2,(H,13,14). The van der Waals surface area contributed by atoms with E-state index >= 15 is 0 Å². The predicted molar refractivity (Wildman–Crippen MR) is 55.9 cm³/mol. The summed E-state index contributed by atoms with van der Waals surface area (Å²) in [5.74, 6) is 0.707. The molecule has 1 aromatic carbocycles. The fourth-order valence-electron chi connectivity index (χ4n) is 2.13. The van der Waals surface area contributed by atoms with E-state index in [0.29, 0.717) is 13.2 Å². The zero-order valence-electron chi connectivity index (χ0n) is 8.68. The summed E-state index contributed by atoms with van der Waals surface area (Å²) in [5.41, 5.74) is 1.04. The van der Waals surface area contributed by atoms with Gasteiger partial charge in [0.15, 0.2) is 11.5 Å². The first-order chi connectivity index (χ1) is 7.75. The molecule has 0 bridgehead atoms. The molecule has 16 heavy (non-hydrogen) atoms. The third-order valence-electron chi connectivity index (χ3n) is 3.10. The topological polar surface area (TPSA) is 55.8 Å². The Labute approximate surface area is 92.8 Å². The Morgan fingerprint density at radius 2 is 2.00 bits per heavy atom. The van der Waals surface area contributed by atoms with E-state index in [0.717, 1.165) is 23.5 Å². The summed E-state index contributed by atoms with van der Waals surface area (Å²) in [6.07, 6.45) is 0.731. The number of carboxylic acid groups (broad SMARTS) is 1. The van der Waals surface area contributed by atoms with Crippen molar-refractivity contribution in [1.29, 1.82) is 0 Å². The van der Waals surface area contributed by atoms with Crippen LogP contribution in [0.5, 0.6) is 11.5 Å². The van der Waals surface area contributed by atoms with Crippen molar-refractivity contribution < 1.29 is 19.4 Å². The summed E-state index contributed by atoms with van der Waals surface area (Å²) in [7, 11) is 0. The number of fused-ring (bicyclic) bond motifs is 1. The van der Waals surface area contributed by atoms with Crippen LogP contribution >= 0.6 is 0 Å². The minimum atomic E-state index is -0.708. The molecule has 0 spiro atoms. The van der Waals surface area contributed by atoms with Crippen molar-refractivity contribution in [3.63, 3.8) is 0 Å². The molecular weight excluding hydrogens is 208 g/mol. The minimum absolute atomic E-state index is 0.147. The van der Waals surface area contributed by atoms with E-state index in [2.05, 4.69) is 0 Å². The largest absolute Gasteiger partial charge is 0.486 e. The van der Waals surface area contributed by atoms with Gasteiger partial charge in [0.1, 0.15) is 13.2 Å². The van der Waals surface area contributed by atoms with Crippen molar-refractivity contribution in [3.05, 3.63) is 23.8 Å². The van der Waals surface area contributed by atoms with Gasteiger partial charge in [0, 0.05) is 0 Å². The molecule has 1 aliphatic heterocycles. The van der Waals surface area contributed by atoms with Crippen LogP contribution in [-0.4, -0.2) is 24.3 Å². The van der Waals surface area contributed by atoms with Crippen LogP contribution in [-0.2, 0) is 4.79 Å². The molecule has 3 rings (SSSR count). The third-order valence-corrected chi connectivity index (χ3v) is 3.10. The van der Waals surface area contributed by atoms with Crippen molar-refractivity contribution >= 4 is 5.97 Å². The van der Waals surface area contributed by atoms with E-state index in [1.54, 1.807) is 0 Å². The van der Waals surface area contributed by atoms with Crippen LogP contribution in [0, 0.1) is 5.92 Å². The van der Waals surface area contributed by atoms with Crippen LogP contribution in [0.3, 0.4) is 0 Å². The number of ether oxygens (including phenoxy) is 2. The average Bonchev–Trinajstić information content (AvgIpc) is 3.08. The van der Waals surface area contributed by atoms with E-state index in [-0.39, 0.29) is 11.8 Å². The second-order valence-corrected chi connectivity index (χ2v) is 4.19. The van der Waals surface area contributed by atoms with Crippen molar-refractivity contribution in [3.8, 4) is 11.5 Å². The van der Waals surface area contributed by atoms with Gasteiger partial charge in [-0.1, -0.05) is 6.07 Å². The first-order valence-electron chi connectivity index (χ1n) is 5.38. The lowest BCUT2D eigenvalue weighted by Crippen LogP contribution is -2.15. The Morgan fingerprint density at radius 3 is 2.69 bits per heavy atom. The molecule has 84 valence electrons. The average molecular weight is 220 g/mol. The second kappa shape index (κ2) is 3.40. The quantitative estimate of drug-likeness (QED) is 0.823. The maximum Gasteiger partial charge on any atom is 0.307 e. The molecular formula is C12H12O4. The van der Waals surface area contributed by atoms with Gasteiger partial charge in [-0.2, -0.15) is 0 Å². The van der Waals surface area contributed by atoms with E-state index in [1.165, 1.54) is 0 Å². The first-order valence-corrected chi connectivity index (χ1v) is 5.38. The molecule has 2 atom stereocenters. The van der Waals surface area contributed by atoms with Crippen LogP contribution in [0.4, 0.5) is 0 Å². The lowest BCUT2D eigenvalue weighted by Gasteiger charge is -2.18. The number of carboxylic acids is 1. The Bertz CT molecular complexity index is 441. The maximum absolute atomic E-state index is 10.8. The van der Waals surface area contributed by atoms with Gasteiger partial charge in [-0.25, -0.2) is 0 Å². The monoisotopic (exact) mass is 220 g/mol. The Balaban J connectivity index is 1.85. The van der Waals surface area contributed by atoms with E-state index in [1.807, 2.05) is 18.2 Å². The highest BCUT2D eigenvalue weighted by Crippen LogP contribution is 2.49. The Kier molecular flexibility index (Phi) is 2.02. The first kappa shape index (κ1) is 9.51. The minimum Gasteiger partial charge on any atom is -0.486 e. The van der Waals surface area contributed by atoms with Crippen molar-refractivity contribution in [2.45, 2.75) is 12.3 Å². The summed E-state index contributed by atoms with van der Waals surface area (Å²) in [5, 5.41) is 8.87. The molecule has 0 aromatic heterocycles. The fraction of sp³-hybridized carbons (Fsp3) is 0.417. The summed E-state index contributed by atoms with van der Waals surface area (Å²) in [4.78, 5) is 10.8. The molecule has 0 radical (unpaired) electrons. The van der Waals surface area contributed by atoms with Crippen LogP contribution in [0.1, 0.15) is 17.9 Å². The van der Waals surface area contributed by atoms with Gasteiger partial charge < -0.3 is 14.6 Å². The van der Waals surface area contributed by atoms with Crippen molar-refractivity contribution in [1.82, 2.24) is 0 Å². The zero-order valence-corrected chi connectivity index (χ0v) is 8.68. The number of hydrogen-bond acceptors (Lipinski definition) is 3. The molecule has 2 unspecified atom stereocenters. The third kappa shape index (κ3) is 1.50. The highest BCUT2D eigenvalue weighted by Gasteiger charge is 2.44. The van der Waals surface area contributed by atoms with E-state index in [4.69, 9.17) is 14.6 Å². The van der Waals surface area contributed by atoms with Gasteiger partial charge in [-0.05, 0) is 30.0 Å². The number of carbonyl (C=O) groups is 1. The Hall–Kier alpha value is -1.71. The number of rotatable bonds is 2. The molecule has 4 heteroatoms. The fourth-order valence-corrected chi connectivity index (χ4v) is 2.13.